The fourth-order valence-electron chi connectivity index (χ4n) is 3.37. The van der Waals surface area contributed by atoms with Crippen LogP contribution >= 0.6 is 15.9 Å². The van der Waals surface area contributed by atoms with E-state index in [1.807, 2.05) is 12.2 Å². The van der Waals surface area contributed by atoms with E-state index in [4.69, 9.17) is 9.47 Å². The van der Waals surface area contributed by atoms with Crippen LogP contribution in [0.4, 0.5) is 0 Å². The van der Waals surface area contributed by atoms with E-state index in [0.29, 0.717) is 12.8 Å². The molecule has 0 aromatic heterocycles. The minimum absolute atomic E-state index is 0.0804. The summed E-state index contributed by atoms with van der Waals surface area (Å²) in [7, 11) is 0. The standard InChI is InChI=1S/C21H34BrNO3/c1-16(6-7-17(2)22)18(3)23-13-12-20(24)8-10-21(11-9-20)25-14-19(4,5)15-26-21/h6-7,18,23-24H,1-2,8-15H2,3-5H3/b7-6-/t18-/m0/s1. The van der Waals surface area contributed by atoms with Crippen LogP contribution in [0, 0.1) is 5.41 Å². The zero-order chi connectivity index (χ0) is 19.4. The highest BCUT2D eigenvalue weighted by Crippen LogP contribution is 2.43. The molecule has 0 amide bonds. The second kappa shape index (κ2) is 8.70. The highest BCUT2D eigenvalue weighted by molar-refractivity contribution is 9.11. The quantitative estimate of drug-likeness (QED) is 0.589. The summed E-state index contributed by atoms with van der Waals surface area (Å²) >= 11 is 3.30. The summed E-state index contributed by atoms with van der Waals surface area (Å²) in [5.74, 6) is -0.473. The van der Waals surface area contributed by atoms with Crippen molar-refractivity contribution in [3.63, 3.8) is 0 Å². The number of halogens is 1. The van der Waals surface area contributed by atoms with Crippen molar-refractivity contribution in [2.75, 3.05) is 19.8 Å². The Kier molecular flexibility index (Phi) is 7.30. The van der Waals surface area contributed by atoms with Crippen molar-refractivity contribution in [1.29, 1.82) is 0 Å². The molecule has 1 saturated carbocycles. The van der Waals surface area contributed by atoms with Gasteiger partial charge in [-0.3, -0.25) is 0 Å². The van der Waals surface area contributed by atoms with Crippen LogP contribution in [0.5, 0.6) is 0 Å². The molecule has 26 heavy (non-hydrogen) atoms. The molecule has 5 heteroatoms. The molecule has 148 valence electrons. The minimum Gasteiger partial charge on any atom is -0.390 e. The van der Waals surface area contributed by atoms with Crippen LogP contribution in [-0.2, 0) is 9.47 Å². The Labute approximate surface area is 166 Å². The normalized spacial score (nSPS) is 25.3. The van der Waals surface area contributed by atoms with Crippen LogP contribution in [-0.4, -0.2) is 42.3 Å². The van der Waals surface area contributed by atoms with Gasteiger partial charge in [0.15, 0.2) is 5.79 Å². The molecule has 1 aliphatic heterocycles. The van der Waals surface area contributed by atoms with Gasteiger partial charge in [0, 0.05) is 28.8 Å². The minimum atomic E-state index is -0.640. The molecule has 1 aliphatic carbocycles. The maximum absolute atomic E-state index is 10.9. The summed E-state index contributed by atoms with van der Waals surface area (Å²) < 4.78 is 12.9. The fourth-order valence-corrected chi connectivity index (χ4v) is 3.50. The zero-order valence-electron chi connectivity index (χ0n) is 16.4. The summed E-state index contributed by atoms with van der Waals surface area (Å²) in [5, 5.41) is 14.4. The molecule has 0 bridgehead atoms. The third-order valence-corrected chi connectivity index (χ3v) is 5.73. The summed E-state index contributed by atoms with van der Waals surface area (Å²) in [5.41, 5.74) is 0.433. The van der Waals surface area contributed by atoms with E-state index in [0.717, 1.165) is 49.1 Å². The molecular formula is C21H34BrNO3. The molecule has 1 heterocycles. The van der Waals surface area contributed by atoms with Crippen molar-refractivity contribution in [2.24, 2.45) is 5.41 Å². The van der Waals surface area contributed by atoms with E-state index in [9.17, 15) is 5.11 Å². The summed E-state index contributed by atoms with van der Waals surface area (Å²) in [4.78, 5) is 0. The van der Waals surface area contributed by atoms with Crippen LogP contribution < -0.4 is 5.32 Å². The fraction of sp³-hybridized carbons (Fsp3) is 0.714. The van der Waals surface area contributed by atoms with Crippen LogP contribution in [0.1, 0.15) is 52.9 Å². The molecule has 2 fully saturated rings. The Balaban J connectivity index is 1.74. The maximum atomic E-state index is 10.9. The molecule has 0 aromatic rings. The van der Waals surface area contributed by atoms with Gasteiger partial charge in [-0.05, 0) is 44.4 Å². The van der Waals surface area contributed by atoms with Crippen molar-refractivity contribution in [3.05, 3.63) is 35.4 Å². The maximum Gasteiger partial charge on any atom is 0.168 e. The van der Waals surface area contributed by atoms with E-state index in [1.165, 1.54) is 0 Å². The van der Waals surface area contributed by atoms with Crippen LogP contribution in [0.2, 0.25) is 0 Å². The Hall–Kier alpha value is -0.460. The van der Waals surface area contributed by atoms with Crippen LogP contribution in [0.3, 0.4) is 0 Å². The van der Waals surface area contributed by atoms with E-state index in [1.54, 1.807) is 0 Å². The van der Waals surface area contributed by atoms with Crippen molar-refractivity contribution in [2.45, 2.75) is 70.3 Å². The van der Waals surface area contributed by atoms with Crippen molar-refractivity contribution in [1.82, 2.24) is 5.32 Å². The van der Waals surface area contributed by atoms with Gasteiger partial charge in [0.25, 0.3) is 0 Å². The highest BCUT2D eigenvalue weighted by atomic mass is 79.9. The molecule has 1 saturated heterocycles. The lowest BCUT2D eigenvalue weighted by Gasteiger charge is -2.48. The second-order valence-electron chi connectivity index (χ2n) is 8.66. The summed E-state index contributed by atoms with van der Waals surface area (Å²) in [6.07, 6.45) is 7.52. The van der Waals surface area contributed by atoms with Gasteiger partial charge in [-0.15, -0.1) is 0 Å². The number of hydrogen-bond acceptors (Lipinski definition) is 4. The van der Waals surface area contributed by atoms with E-state index >= 15 is 0 Å². The first kappa shape index (κ1) is 21.8. The predicted molar refractivity (Wildman–Crippen MR) is 110 cm³/mol. The van der Waals surface area contributed by atoms with Crippen LogP contribution in [0.15, 0.2) is 35.4 Å². The van der Waals surface area contributed by atoms with Gasteiger partial charge in [-0.1, -0.05) is 49.0 Å². The van der Waals surface area contributed by atoms with Crippen LogP contribution in [0.25, 0.3) is 0 Å². The largest absolute Gasteiger partial charge is 0.390 e. The van der Waals surface area contributed by atoms with Gasteiger partial charge in [0.05, 0.1) is 18.8 Å². The Morgan fingerprint density at radius 3 is 2.27 bits per heavy atom. The molecule has 2 aliphatic rings. The lowest BCUT2D eigenvalue weighted by Crippen LogP contribution is -2.52. The molecular weight excluding hydrogens is 394 g/mol. The first-order chi connectivity index (χ1) is 12.0. The van der Waals surface area contributed by atoms with E-state index in [-0.39, 0.29) is 11.5 Å². The lowest BCUT2D eigenvalue weighted by atomic mass is 9.78. The van der Waals surface area contributed by atoms with Crippen molar-refractivity contribution < 1.29 is 14.6 Å². The molecule has 2 N–H and O–H groups in total. The zero-order valence-corrected chi connectivity index (χ0v) is 18.0. The first-order valence-electron chi connectivity index (χ1n) is 9.50. The number of rotatable bonds is 7. The number of aliphatic hydroxyl groups is 1. The predicted octanol–water partition coefficient (Wildman–Crippen LogP) is 4.45. The molecule has 0 aromatic carbocycles. The molecule has 1 atom stereocenters. The average Bonchev–Trinajstić information content (AvgIpc) is 2.58. The number of hydrogen-bond donors (Lipinski definition) is 2. The van der Waals surface area contributed by atoms with Crippen molar-refractivity contribution >= 4 is 15.9 Å². The Bertz CT molecular complexity index is 535. The van der Waals surface area contributed by atoms with Gasteiger partial charge < -0.3 is 19.9 Å². The first-order valence-corrected chi connectivity index (χ1v) is 10.3. The SMILES string of the molecule is C=C(Br)/C=C\C(=C)[C@H](C)NCCC1(O)CCC2(CC1)OCC(C)(C)CO2. The molecule has 0 radical (unpaired) electrons. The number of nitrogens with one attached hydrogen (secondary N) is 1. The third kappa shape index (κ3) is 6.31. The molecule has 0 unspecified atom stereocenters. The lowest BCUT2D eigenvalue weighted by molar-refractivity contribution is -0.319. The van der Waals surface area contributed by atoms with Gasteiger partial charge in [0.2, 0.25) is 0 Å². The molecule has 1 spiro atoms. The third-order valence-electron chi connectivity index (χ3n) is 5.47. The van der Waals surface area contributed by atoms with E-state index in [2.05, 4.69) is 55.2 Å². The van der Waals surface area contributed by atoms with Gasteiger partial charge >= 0.3 is 0 Å². The van der Waals surface area contributed by atoms with Gasteiger partial charge in [0.1, 0.15) is 0 Å². The van der Waals surface area contributed by atoms with E-state index < -0.39 is 11.4 Å². The van der Waals surface area contributed by atoms with Gasteiger partial charge in [-0.25, -0.2) is 0 Å². The average molecular weight is 428 g/mol. The topological polar surface area (TPSA) is 50.7 Å². The Morgan fingerprint density at radius 2 is 1.73 bits per heavy atom. The number of allylic oxidation sites excluding steroid dienone is 2. The van der Waals surface area contributed by atoms with Gasteiger partial charge in [-0.2, -0.15) is 0 Å². The Morgan fingerprint density at radius 1 is 1.15 bits per heavy atom. The summed E-state index contributed by atoms with van der Waals surface area (Å²) in [6.45, 7) is 16.4. The summed E-state index contributed by atoms with van der Waals surface area (Å²) in [6, 6.07) is 0.156. The second-order valence-corrected chi connectivity index (χ2v) is 9.68. The van der Waals surface area contributed by atoms with Crippen molar-refractivity contribution in [3.8, 4) is 0 Å². The molecule has 2 rings (SSSR count). The highest BCUT2D eigenvalue weighted by Gasteiger charge is 2.46. The smallest absolute Gasteiger partial charge is 0.168 e. The molecule has 4 nitrogen and oxygen atoms in total. The number of ether oxygens (including phenoxy) is 2. The monoisotopic (exact) mass is 427 g/mol.